The van der Waals surface area contributed by atoms with Gasteiger partial charge in [-0.25, -0.2) is 0 Å². The Morgan fingerprint density at radius 1 is 0.417 bits per heavy atom. The monoisotopic (exact) mass is 1520 g/mol. The fourth-order valence-electron chi connectivity index (χ4n) is 9.89. The van der Waals surface area contributed by atoms with Crippen LogP contribution in [0.3, 0.4) is 0 Å². The number of halogens is 2. The molecule has 10 rings (SSSR count). The summed E-state index contributed by atoms with van der Waals surface area (Å²) in [5.41, 5.74) is 0.479. The summed E-state index contributed by atoms with van der Waals surface area (Å²) in [6, 6.07) is 54.8. The third-order valence-electron chi connectivity index (χ3n) is 15.3. The molecule has 0 aliphatic carbocycles. The number of carbonyl (C=O) groups is 7. The van der Waals surface area contributed by atoms with Gasteiger partial charge in [0.25, 0.3) is 27.2 Å². The minimum absolute atomic E-state index is 0. The number of nitrogens with zero attached hydrogens (tertiary/aromatic N) is 2. The Hall–Kier alpha value is -13.0. The molecule has 0 fully saturated rings. The lowest BCUT2D eigenvalue weighted by atomic mass is 10.0. The van der Waals surface area contributed by atoms with Gasteiger partial charge in [0.15, 0.2) is 23.0 Å². The Bertz CT molecular complexity index is 4890. The second-order valence-electron chi connectivity index (χ2n) is 22.0. The van der Waals surface area contributed by atoms with E-state index in [-0.39, 0.29) is 84.1 Å². The predicted molar refractivity (Wildman–Crippen MR) is 401 cm³/mol. The van der Waals surface area contributed by atoms with Gasteiger partial charge < -0.3 is 68.4 Å². The number of aromatic hydroxyl groups is 4. The number of ketones is 4. The molecule has 3 heterocycles. The molecular formula is C79H78Cl2N4O23. The lowest BCUT2D eigenvalue weighted by Gasteiger charge is -2.18. The van der Waals surface area contributed by atoms with Crippen LogP contribution in [0.5, 0.6) is 69.4 Å². The molecule has 0 aliphatic rings. The fourth-order valence-corrected chi connectivity index (χ4v) is 10.3. The molecule has 3 aromatic heterocycles. The van der Waals surface area contributed by atoms with E-state index in [1.807, 2.05) is 30.3 Å². The van der Waals surface area contributed by atoms with E-state index in [0.717, 1.165) is 21.4 Å². The van der Waals surface area contributed by atoms with Gasteiger partial charge in [-0.05, 0) is 76.3 Å². The number of methoxy groups -OCH3 is 9. The smallest absolute Gasteiger partial charge is 0.299 e. The molecular weight excluding hydrogens is 1440 g/mol. The van der Waals surface area contributed by atoms with E-state index in [1.165, 1.54) is 54.3 Å². The number of H-pyrrole nitrogens is 1. The highest BCUT2D eigenvalue weighted by atomic mass is 35.5. The first-order valence-corrected chi connectivity index (χ1v) is 32.4. The molecule has 27 nitrogen and oxygen atoms in total. The minimum atomic E-state index is -1.33. The van der Waals surface area contributed by atoms with Crippen molar-refractivity contribution in [3.63, 3.8) is 0 Å². The van der Waals surface area contributed by atoms with Crippen molar-refractivity contribution < 1.29 is 96.6 Å². The Balaban J connectivity index is 0.000000250. The third-order valence-corrected chi connectivity index (χ3v) is 15.7. The molecule has 0 saturated heterocycles. The Labute approximate surface area is 629 Å². The number of nitrogens with one attached hydrogen (secondary N) is 2. The highest BCUT2D eigenvalue weighted by Crippen LogP contribution is 2.40. The molecule has 0 aliphatic heterocycles. The molecule has 108 heavy (non-hydrogen) atoms. The zero-order chi connectivity index (χ0) is 78.4. The van der Waals surface area contributed by atoms with E-state index in [2.05, 4.69) is 15.0 Å². The van der Waals surface area contributed by atoms with Crippen LogP contribution in [0.4, 0.5) is 0 Å². The zero-order valence-corrected chi connectivity index (χ0v) is 60.6. The van der Waals surface area contributed by atoms with E-state index in [1.54, 1.807) is 178 Å². The highest BCUT2D eigenvalue weighted by molar-refractivity contribution is 6.74. The van der Waals surface area contributed by atoms with Gasteiger partial charge in [-0.2, -0.15) is 0 Å². The molecule has 0 unspecified atom stereocenters. The van der Waals surface area contributed by atoms with Gasteiger partial charge in [0.1, 0.15) is 33.9 Å². The normalized spacial score (nSPS) is 10.1. The highest BCUT2D eigenvalue weighted by Gasteiger charge is 2.31. The summed E-state index contributed by atoms with van der Waals surface area (Å²) in [6.07, 6.45) is -1.46. The Morgan fingerprint density at radius 2 is 0.787 bits per heavy atom. The van der Waals surface area contributed by atoms with Crippen LogP contribution < -0.4 is 59.9 Å². The molecule has 0 spiro atoms. The molecule has 10 aromatic rings. The van der Waals surface area contributed by atoms with Gasteiger partial charge in [0.05, 0.1) is 76.4 Å². The van der Waals surface area contributed by atoms with Crippen LogP contribution in [0, 0.1) is 0 Å². The lowest BCUT2D eigenvalue weighted by Crippen LogP contribution is -2.29. The summed E-state index contributed by atoms with van der Waals surface area (Å²) < 4.78 is 47.3. The molecule has 0 bridgehead atoms. The fraction of sp³-hybridized carbons (Fsp3) is 0.190. The van der Waals surface area contributed by atoms with Crippen LogP contribution in [0.15, 0.2) is 209 Å². The maximum atomic E-state index is 13.2. The van der Waals surface area contributed by atoms with Crippen LogP contribution in [0.25, 0.3) is 0 Å². The molecule has 0 atom stereocenters. The van der Waals surface area contributed by atoms with Gasteiger partial charge in [-0.3, -0.25) is 62.1 Å². The van der Waals surface area contributed by atoms with Crippen LogP contribution in [0.2, 0.25) is 0 Å². The number of Topliss-reactive ketones (excluding diaryl/α,β-unsaturated/α-hetero) is 1. The largest absolute Gasteiger partial charge is 0.503 e. The van der Waals surface area contributed by atoms with Crippen molar-refractivity contribution >= 4 is 62.7 Å². The summed E-state index contributed by atoms with van der Waals surface area (Å²) in [4.78, 5) is 122. The van der Waals surface area contributed by atoms with Gasteiger partial charge in [-0.1, -0.05) is 165 Å². The van der Waals surface area contributed by atoms with E-state index in [4.69, 9.17) is 61.1 Å². The molecule has 0 saturated carbocycles. The van der Waals surface area contributed by atoms with Crippen molar-refractivity contribution in [3.05, 3.63) is 281 Å². The van der Waals surface area contributed by atoms with E-state index < -0.39 is 85.1 Å². The minimum Gasteiger partial charge on any atom is -0.503 e. The maximum Gasteiger partial charge on any atom is 0.299 e. The second kappa shape index (κ2) is 42.1. The number of aromatic amines is 1. The number of pyridine rings is 3. The summed E-state index contributed by atoms with van der Waals surface area (Å²) in [5.74, 6) is -3.20. The van der Waals surface area contributed by atoms with Crippen LogP contribution in [-0.4, -0.2) is 144 Å². The van der Waals surface area contributed by atoms with Gasteiger partial charge in [0, 0.05) is 35.9 Å². The average Bonchev–Trinajstić information content (AvgIpc) is 0.764. The molecule has 29 heteroatoms. The number of ether oxygens (including phenoxy) is 9. The summed E-state index contributed by atoms with van der Waals surface area (Å²) in [6.45, 7) is 0.475. The Kier molecular flexibility index (Phi) is 33.4. The SMILES string of the molecule is C.COC(C(=O)Cl)C(=O)Cl.COc1[nH]c(=O)c(C(=O)c2ccccc2)c(O)c1OC.COc1ccc(CNC(=O)CC(=O)c2ccccc2)cc1.COc1ccc(Cn2c(O)c(C(=O)c3ccccc3)c(O)c(OC)c2=O)cc1.COc1ccc(Cn2c(OC)c(OC)c(O)c(C(=O)c3ccccc3)c2=O)cc1. The number of hydrogen-bond donors (Lipinski definition) is 6. The summed E-state index contributed by atoms with van der Waals surface area (Å²) in [5, 5.41) is 42.7. The molecule has 6 N–H and O–H groups in total. The number of benzene rings is 7. The van der Waals surface area contributed by atoms with Gasteiger partial charge in [-0.15, -0.1) is 0 Å². The number of amides is 1. The first-order chi connectivity index (χ1) is 51.4. The standard InChI is InChI=1S/C22H21NO6.C21H19NO6.C17H17NO3.C14H13NO5.C4H4Cl2O3.CH4/c1-27-16-11-9-14(10-12-16)13-23-21(26)17(18(24)15-7-5-4-6-8-15)19(25)20(28-2)22(23)29-3;1-27-15-10-8-13(9-11-15)12-22-20(25)16(18(24)19(28-2)21(22)26)17(23)14-6-4-3-5-7-14;1-21-15-9-7-13(8-10-15)12-18-17(20)11-16(19)14-5-3-2-4-6-14;1-19-12-11(17)9(13(18)15-14(12)20-2)10(16)8-6-4-3-5-7-8;1-9-2(3(5)7)4(6)8;/h4-12,25H,13H2,1-3H3;3-11,24-25H,12H2,1-2H3;2-10H,11-12H2,1H3,(H,18,20);3-7H,1-2H3,(H2,15,17,18);2H,1H3;1H4. The van der Waals surface area contributed by atoms with Crippen molar-refractivity contribution in [1.29, 1.82) is 0 Å². The molecule has 7 aromatic carbocycles. The number of aromatic nitrogens is 3. The first-order valence-electron chi connectivity index (χ1n) is 31.7. The zero-order valence-electron chi connectivity index (χ0n) is 59.1. The van der Waals surface area contributed by atoms with E-state index in [0.29, 0.717) is 34.7 Å². The lowest BCUT2D eigenvalue weighted by molar-refractivity contribution is -0.131. The average molecular weight is 1520 g/mol. The second-order valence-corrected chi connectivity index (χ2v) is 22.7. The van der Waals surface area contributed by atoms with Gasteiger partial charge in [0.2, 0.25) is 64.2 Å². The molecule has 566 valence electrons. The molecule has 0 radical (unpaired) electrons. The number of hydrogen-bond acceptors (Lipinski definition) is 23. The summed E-state index contributed by atoms with van der Waals surface area (Å²) >= 11 is 9.74. The van der Waals surface area contributed by atoms with Crippen molar-refractivity contribution in [2.45, 2.75) is 39.6 Å². The maximum absolute atomic E-state index is 13.2. The topological polar surface area (TPSA) is 372 Å². The van der Waals surface area contributed by atoms with Crippen molar-refractivity contribution in [3.8, 4) is 69.4 Å². The third kappa shape index (κ3) is 22.3. The van der Waals surface area contributed by atoms with Crippen molar-refractivity contribution in [2.24, 2.45) is 0 Å². The molecule has 1 amide bonds. The number of rotatable bonds is 26. The van der Waals surface area contributed by atoms with Crippen LogP contribution in [0.1, 0.15) is 88.7 Å². The summed E-state index contributed by atoms with van der Waals surface area (Å²) in [7, 11) is 12.4. The van der Waals surface area contributed by atoms with Crippen LogP contribution in [-0.2, 0) is 38.8 Å². The van der Waals surface area contributed by atoms with Crippen LogP contribution >= 0.6 is 23.2 Å². The predicted octanol–water partition coefficient (Wildman–Crippen LogP) is 10.5. The van der Waals surface area contributed by atoms with Crippen molar-refractivity contribution in [1.82, 2.24) is 19.4 Å². The number of carbonyl (C=O) groups excluding carboxylic acids is 7. The van der Waals surface area contributed by atoms with Crippen molar-refractivity contribution in [2.75, 3.05) is 64.0 Å². The van der Waals surface area contributed by atoms with E-state index >= 15 is 0 Å². The van der Waals surface area contributed by atoms with Gasteiger partial charge >= 0.3 is 0 Å². The Morgan fingerprint density at radius 3 is 1.16 bits per heavy atom. The quantitative estimate of drug-likeness (QED) is 0.0167. The first kappa shape index (κ1) is 85.7. The van der Waals surface area contributed by atoms with E-state index in [9.17, 15) is 68.4 Å².